The van der Waals surface area contributed by atoms with Crippen LogP contribution >= 0.6 is 0 Å². The summed E-state index contributed by atoms with van der Waals surface area (Å²) < 4.78 is 4.80. The zero-order valence-corrected chi connectivity index (χ0v) is 32.5. The molecule has 0 atom stereocenters. The van der Waals surface area contributed by atoms with Crippen LogP contribution in [0.1, 0.15) is 11.1 Å². The Morgan fingerprint density at radius 2 is 0.638 bits per heavy atom. The van der Waals surface area contributed by atoms with E-state index in [1.807, 2.05) is 0 Å². The predicted octanol–water partition coefficient (Wildman–Crippen LogP) is 15.2. The van der Waals surface area contributed by atoms with E-state index in [-0.39, 0.29) is 0 Å². The van der Waals surface area contributed by atoms with Gasteiger partial charge in [0.1, 0.15) is 0 Å². The summed E-state index contributed by atoms with van der Waals surface area (Å²) in [5.74, 6) is 0. The van der Waals surface area contributed by atoms with Gasteiger partial charge in [0.05, 0.1) is 22.1 Å². The van der Waals surface area contributed by atoms with E-state index in [4.69, 9.17) is 0 Å². The van der Waals surface area contributed by atoms with Crippen LogP contribution in [-0.2, 0) is 0 Å². The lowest BCUT2D eigenvalue weighted by molar-refractivity contribution is 1.18. The molecule has 0 radical (unpaired) electrons. The van der Waals surface area contributed by atoms with Gasteiger partial charge >= 0.3 is 0 Å². The number of aryl methyl sites for hydroxylation is 2. The van der Waals surface area contributed by atoms with Crippen LogP contribution in [0.4, 0.5) is 0 Å². The SMILES string of the molecule is Cc1ccc2c(c1)c1ccccc1n2-c1ccc(-c2ccc(-c3ccccc3)c(-c3ccccc3)c2-c2ccc(-n3c4ccccc4c4cc(C)ccc43)cc2)cc1. The van der Waals surface area contributed by atoms with Crippen molar-refractivity contribution in [3.63, 3.8) is 0 Å². The van der Waals surface area contributed by atoms with Gasteiger partial charge in [-0.3, -0.25) is 0 Å². The van der Waals surface area contributed by atoms with E-state index >= 15 is 0 Å². The standard InChI is InChI=1S/C56H40N2/c1-37-21-33-53-49(35-37)47-17-9-11-19-51(47)57(53)43-27-23-40(24-28-43)46-32-31-45(39-13-5-3-6-14-39)55(41-15-7-4-8-16-41)56(46)42-25-29-44(30-26-42)58-52-20-12-10-18-48(52)50-36-38(2)22-34-54(50)58/h3-36H,1-2H3. The van der Waals surface area contributed by atoms with E-state index < -0.39 is 0 Å². The van der Waals surface area contributed by atoms with Crippen LogP contribution < -0.4 is 0 Å². The summed E-state index contributed by atoms with van der Waals surface area (Å²) in [7, 11) is 0. The minimum absolute atomic E-state index is 1.14. The molecule has 11 aromatic rings. The van der Waals surface area contributed by atoms with Crippen LogP contribution in [0, 0.1) is 13.8 Å². The van der Waals surface area contributed by atoms with Crippen molar-refractivity contribution in [2.45, 2.75) is 13.8 Å². The van der Waals surface area contributed by atoms with Crippen LogP contribution in [0.5, 0.6) is 0 Å². The molecule has 0 saturated carbocycles. The first-order chi connectivity index (χ1) is 28.6. The first-order valence-electron chi connectivity index (χ1n) is 20.1. The zero-order chi connectivity index (χ0) is 38.7. The fourth-order valence-electron chi connectivity index (χ4n) is 9.20. The molecule has 0 fully saturated rings. The Kier molecular flexibility index (Phi) is 7.97. The molecule has 0 saturated heterocycles. The highest BCUT2D eigenvalue weighted by molar-refractivity contribution is 6.11. The van der Waals surface area contributed by atoms with Gasteiger partial charge in [0.25, 0.3) is 0 Å². The summed E-state index contributed by atoms with van der Waals surface area (Å²) in [6.07, 6.45) is 0. The normalized spacial score (nSPS) is 11.6. The van der Waals surface area contributed by atoms with Crippen LogP contribution in [0.25, 0.3) is 99.5 Å². The smallest absolute Gasteiger partial charge is 0.0541 e. The van der Waals surface area contributed by atoms with Gasteiger partial charge in [-0.05, 0) is 119 Å². The highest BCUT2D eigenvalue weighted by atomic mass is 15.0. The Labute approximate surface area is 338 Å². The highest BCUT2D eigenvalue weighted by Gasteiger charge is 2.21. The molecule has 11 rings (SSSR count). The Hall–Kier alpha value is -7.42. The second-order valence-electron chi connectivity index (χ2n) is 15.5. The quantitative estimate of drug-likeness (QED) is 0.161. The van der Waals surface area contributed by atoms with E-state index in [1.165, 1.54) is 99.2 Å². The minimum Gasteiger partial charge on any atom is -0.309 e. The number of fused-ring (bicyclic) bond motifs is 6. The lowest BCUT2D eigenvalue weighted by Crippen LogP contribution is -1.97. The summed E-state index contributed by atoms with van der Waals surface area (Å²) in [6, 6.07) is 75.8. The number of rotatable bonds is 6. The van der Waals surface area contributed by atoms with Crippen molar-refractivity contribution in [1.82, 2.24) is 9.13 Å². The molecule has 2 heteroatoms. The Bertz CT molecular complexity index is 3310. The van der Waals surface area contributed by atoms with Crippen molar-refractivity contribution in [2.24, 2.45) is 0 Å². The van der Waals surface area contributed by atoms with Crippen molar-refractivity contribution in [1.29, 1.82) is 0 Å². The fraction of sp³-hybridized carbons (Fsp3) is 0.0357. The van der Waals surface area contributed by atoms with Crippen LogP contribution in [0.15, 0.2) is 206 Å². The maximum Gasteiger partial charge on any atom is 0.0541 e. The molecule has 2 nitrogen and oxygen atoms in total. The van der Waals surface area contributed by atoms with Gasteiger partial charge in [0.2, 0.25) is 0 Å². The van der Waals surface area contributed by atoms with Crippen LogP contribution in [0.3, 0.4) is 0 Å². The molecule has 0 aliphatic carbocycles. The Morgan fingerprint density at radius 1 is 0.276 bits per heavy atom. The largest absolute Gasteiger partial charge is 0.309 e. The number of benzene rings is 9. The van der Waals surface area contributed by atoms with Gasteiger partial charge in [-0.1, -0.05) is 157 Å². The van der Waals surface area contributed by atoms with Crippen LogP contribution in [0.2, 0.25) is 0 Å². The molecule has 0 amide bonds. The second kappa shape index (κ2) is 13.7. The van der Waals surface area contributed by atoms with E-state index in [0.717, 1.165) is 11.4 Å². The molecule has 2 heterocycles. The zero-order valence-electron chi connectivity index (χ0n) is 32.5. The first-order valence-corrected chi connectivity index (χ1v) is 20.1. The van der Waals surface area contributed by atoms with Crippen molar-refractivity contribution in [3.05, 3.63) is 217 Å². The highest BCUT2D eigenvalue weighted by Crippen LogP contribution is 2.46. The van der Waals surface area contributed by atoms with Gasteiger partial charge in [-0.15, -0.1) is 0 Å². The third-order valence-corrected chi connectivity index (χ3v) is 11.9. The maximum absolute atomic E-state index is 2.40. The monoisotopic (exact) mass is 740 g/mol. The maximum atomic E-state index is 2.40. The molecular formula is C56H40N2. The molecule has 0 spiro atoms. The number of aromatic nitrogens is 2. The topological polar surface area (TPSA) is 9.86 Å². The average molecular weight is 741 g/mol. The lowest BCUT2D eigenvalue weighted by Gasteiger charge is -2.21. The third-order valence-electron chi connectivity index (χ3n) is 11.9. The van der Waals surface area contributed by atoms with Gasteiger partial charge in [0.15, 0.2) is 0 Å². The first kappa shape index (κ1) is 33.9. The number of para-hydroxylation sites is 2. The molecule has 58 heavy (non-hydrogen) atoms. The summed E-state index contributed by atoms with van der Waals surface area (Å²) in [5.41, 5.74) is 19.3. The van der Waals surface area contributed by atoms with Gasteiger partial charge in [-0.2, -0.15) is 0 Å². The van der Waals surface area contributed by atoms with Crippen molar-refractivity contribution in [2.75, 3.05) is 0 Å². The Balaban J connectivity index is 1.12. The minimum atomic E-state index is 1.14. The second-order valence-corrected chi connectivity index (χ2v) is 15.5. The lowest BCUT2D eigenvalue weighted by atomic mass is 9.83. The molecule has 0 aliphatic heterocycles. The van der Waals surface area contributed by atoms with E-state index in [1.54, 1.807) is 0 Å². The van der Waals surface area contributed by atoms with Crippen molar-refractivity contribution >= 4 is 43.6 Å². The van der Waals surface area contributed by atoms with Gasteiger partial charge in [0, 0.05) is 32.9 Å². The van der Waals surface area contributed by atoms with Gasteiger partial charge in [-0.25, -0.2) is 0 Å². The summed E-state index contributed by atoms with van der Waals surface area (Å²) in [4.78, 5) is 0. The molecule has 2 aromatic heterocycles. The Morgan fingerprint density at radius 3 is 1.12 bits per heavy atom. The molecule has 9 aromatic carbocycles. The number of nitrogens with zero attached hydrogens (tertiary/aromatic N) is 2. The number of hydrogen-bond acceptors (Lipinski definition) is 0. The molecule has 0 unspecified atom stereocenters. The molecular weight excluding hydrogens is 701 g/mol. The summed E-state index contributed by atoms with van der Waals surface area (Å²) >= 11 is 0. The summed E-state index contributed by atoms with van der Waals surface area (Å²) in [5, 5.41) is 5.11. The van der Waals surface area contributed by atoms with Crippen LogP contribution in [-0.4, -0.2) is 9.13 Å². The molecule has 0 N–H and O–H groups in total. The van der Waals surface area contributed by atoms with E-state index in [0.29, 0.717) is 0 Å². The van der Waals surface area contributed by atoms with Gasteiger partial charge < -0.3 is 9.13 Å². The molecule has 0 bridgehead atoms. The average Bonchev–Trinajstić information content (AvgIpc) is 3.78. The van der Waals surface area contributed by atoms with Crippen molar-refractivity contribution < 1.29 is 0 Å². The predicted molar refractivity (Wildman–Crippen MR) is 246 cm³/mol. The van der Waals surface area contributed by atoms with E-state index in [2.05, 4.69) is 229 Å². The van der Waals surface area contributed by atoms with Crippen molar-refractivity contribution in [3.8, 4) is 55.9 Å². The molecule has 274 valence electrons. The third kappa shape index (κ3) is 5.49. The fourth-order valence-corrected chi connectivity index (χ4v) is 9.20. The van der Waals surface area contributed by atoms with E-state index in [9.17, 15) is 0 Å². The summed E-state index contributed by atoms with van der Waals surface area (Å²) in [6.45, 7) is 4.34. The number of hydrogen-bond donors (Lipinski definition) is 0. The molecule has 0 aliphatic rings.